The average Bonchev–Trinajstić information content (AvgIpc) is 2.75. The molecule has 0 saturated carbocycles. The highest BCUT2D eigenvalue weighted by Crippen LogP contribution is 2.22. The predicted molar refractivity (Wildman–Crippen MR) is 135 cm³/mol. The zero-order chi connectivity index (χ0) is 23.9. The Morgan fingerprint density at radius 3 is 2.31 bits per heavy atom. The van der Waals surface area contributed by atoms with Crippen LogP contribution in [0.15, 0.2) is 35.9 Å². The summed E-state index contributed by atoms with van der Waals surface area (Å²) in [4.78, 5) is 35.7. The largest absolute Gasteiger partial charge is 0.481 e. The van der Waals surface area contributed by atoms with Crippen LogP contribution in [-0.2, 0) is 23.9 Å². The van der Waals surface area contributed by atoms with E-state index in [9.17, 15) is 19.5 Å². The van der Waals surface area contributed by atoms with Crippen molar-refractivity contribution in [2.45, 2.75) is 45.3 Å². The summed E-state index contributed by atoms with van der Waals surface area (Å²) in [7, 11) is 0. The van der Waals surface area contributed by atoms with Gasteiger partial charge in [0.05, 0.1) is 19.1 Å². The highest BCUT2D eigenvalue weighted by Gasteiger charge is 2.20. The zero-order valence-corrected chi connectivity index (χ0v) is 21.0. The van der Waals surface area contributed by atoms with Gasteiger partial charge in [0.15, 0.2) is 0 Å². The zero-order valence-electron chi connectivity index (χ0n) is 18.6. The number of hydrogen-bond acceptors (Lipinski definition) is 8. The van der Waals surface area contributed by atoms with Crippen LogP contribution >= 0.6 is 35.7 Å². The van der Waals surface area contributed by atoms with Crippen LogP contribution in [0.4, 0.5) is 0 Å². The summed E-state index contributed by atoms with van der Waals surface area (Å²) in [6.07, 6.45) is 2.81. The molecule has 1 aromatic carbocycles. The second-order valence-electron chi connectivity index (χ2n) is 6.98. The molecule has 6 nitrogen and oxygen atoms in total. The fraction of sp³-hybridized carbons (Fsp3) is 0.478. The maximum atomic E-state index is 12.5. The van der Waals surface area contributed by atoms with E-state index in [1.165, 1.54) is 23.5 Å². The maximum absolute atomic E-state index is 12.5. The minimum Gasteiger partial charge on any atom is -0.481 e. The number of hydrogen-bond donors (Lipinski definition) is 1. The normalized spacial score (nSPS) is 13.2. The van der Waals surface area contributed by atoms with Gasteiger partial charge in [-0.05, 0) is 43.6 Å². The molecule has 0 heterocycles. The second kappa shape index (κ2) is 15.9. The van der Waals surface area contributed by atoms with Crippen LogP contribution in [0.2, 0.25) is 0 Å². The van der Waals surface area contributed by atoms with Crippen LogP contribution in [-0.4, -0.2) is 50.8 Å². The number of benzene rings is 1. The number of unbranched alkanes of at least 4 members (excludes halogenated alkanes) is 1. The Bertz CT molecular complexity index is 794. The van der Waals surface area contributed by atoms with Crippen molar-refractivity contribution >= 4 is 63.3 Å². The number of ether oxygens (including phenoxy) is 2. The number of carbonyl (C=O) groups excluding carboxylic acids is 2. The van der Waals surface area contributed by atoms with Crippen molar-refractivity contribution in [3.63, 3.8) is 0 Å². The molecule has 0 bridgehead atoms. The number of esters is 2. The van der Waals surface area contributed by atoms with Crippen LogP contribution in [0.3, 0.4) is 0 Å². The number of carboxylic acids is 1. The SMILES string of the molecule is CCSC(=S)SC(C)C(=O)OCCCCOC(=O)/C(=C/c1ccccc1)CC(C)C(=O)O. The van der Waals surface area contributed by atoms with E-state index in [4.69, 9.17) is 21.7 Å². The van der Waals surface area contributed by atoms with E-state index >= 15 is 0 Å². The Labute approximate surface area is 203 Å². The number of carbonyl (C=O) groups is 3. The van der Waals surface area contributed by atoms with Gasteiger partial charge in [0, 0.05) is 5.57 Å². The smallest absolute Gasteiger partial charge is 0.334 e. The molecule has 0 spiro atoms. The monoisotopic (exact) mass is 498 g/mol. The molecule has 1 rings (SSSR count). The van der Waals surface area contributed by atoms with Gasteiger partial charge in [-0.1, -0.05) is 68.2 Å². The third-order valence-corrected chi connectivity index (χ3v) is 6.78. The molecule has 0 aliphatic rings. The Hall–Kier alpha value is -1.84. The molecule has 176 valence electrons. The van der Waals surface area contributed by atoms with Gasteiger partial charge >= 0.3 is 17.9 Å². The topological polar surface area (TPSA) is 89.9 Å². The van der Waals surface area contributed by atoms with Crippen molar-refractivity contribution in [1.29, 1.82) is 0 Å². The Morgan fingerprint density at radius 1 is 1.09 bits per heavy atom. The van der Waals surface area contributed by atoms with E-state index in [2.05, 4.69) is 0 Å². The van der Waals surface area contributed by atoms with Crippen LogP contribution < -0.4 is 0 Å². The molecule has 9 heteroatoms. The third-order valence-electron chi connectivity index (χ3n) is 4.23. The van der Waals surface area contributed by atoms with Gasteiger partial charge in [0.2, 0.25) is 0 Å². The van der Waals surface area contributed by atoms with Gasteiger partial charge in [0.25, 0.3) is 0 Å². The van der Waals surface area contributed by atoms with E-state index < -0.39 is 17.9 Å². The Morgan fingerprint density at radius 2 is 1.72 bits per heavy atom. The predicted octanol–water partition coefficient (Wildman–Crippen LogP) is 5.21. The van der Waals surface area contributed by atoms with Crippen LogP contribution in [0.5, 0.6) is 0 Å². The van der Waals surface area contributed by atoms with E-state index in [0.717, 1.165) is 14.8 Å². The van der Waals surface area contributed by atoms with Crippen molar-refractivity contribution in [3.05, 3.63) is 41.5 Å². The number of carboxylic acid groups (broad SMARTS) is 1. The van der Waals surface area contributed by atoms with E-state index in [0.29, 0.717) is 18.4 Å². The minimum atomic E-state index is -0.972. The first-order valence-electron chi connectivity index (χ1n) is 10.4. The number of rotatable bonds is 13. The van der Waals surface area contributed by atoms with Gasteiger partial charge < -0.3 is 14.6 Å². The van der Waals surface area contributed by atoms with E-state index in [1.807, 2.05) is 37.3 Å². The summed E-state index contributed by atoms with van der Waals surface area (Å²) >= 11 is 8.02. The molecular formula is C23H30O6S3. The van der Waals surface area contributed by atoms with Gasteiger partial charge in [-0.3, -0.25) is 9.59 Å². The van der Waals surface area contributed by atoms with Crippen LogP contribution in [0.1, 0.15) is 45.6 Å². The van der Waals surface area contributed by atoms with Crippen molar-refractivity contribution in [3.8, 4) is 0 Å². The van der Waals surface area contributed by atoms with Crippen molar-refractivity contribution in [2.24, 2.45) is 5.92 Å². The number of aliphatic carboxylic acids is 1. The van der Waals surface area contributed by atoms with Gasteiger partial charge in [-0.2, -0.15) is 0 Å². The summed E-state index contributed by atoms with van der Waals surface area (Å²) in [5.74, 6) is -1.67. The molecule has 0 amide bonds. The molecule has 0 radical (unpaired) electrons. The quantitative estimate of drug-likeness (QED) is 0.170. The van der Waals surface area contributed by atoms with Gasteiger partial charge in [-0.25, -0.2) is 4.79 Å². The Balaban J connectivity index is 2.44. The van der Waals surface area contributed by atoms with E-state index in [-0.39, 0.29) is 30.9 Å². The second-order valence-corrected chi connectivity index (χ2v) is 10.8. The lowest BCUT2D eigenvalue weighted by Crippen LogP contribution is -2.19. The minimum absolute atomic E-state index is 0.0778. The molecule has 2 atom stereocenters. The molecule has 32 heavy (non-hydrogen) atoms. The molecule has 0 aliphatic carbocycles. The number of thiocarbonyl (C=S) groups is 1. The van der Waals surface area contributed by atoms with Gasteiger partial charge in [0.1, 0.15) is 8.78 Å². The lowest BCUT2D eigenvalue weighted by Gasteiger charge is -2.12. The molecule has 2 unspecified atom stereocenters. The lowest BCUT2D eigenvalue weighted by molar-refractivity contribution is -0.144. The molecule has 1 N–H and O–H groups in total. The molecule has 0 aliphatic heterocycles. The third kappa shape index (κ3) is 11.7. The average molecular weight is 499 g/mol. The van der Waals surface area contributed by atoms with Crippen LogP contribution in [0, 0.1) is 5.92 Å². The maximum Gasteiger partial charge on any atom is 0.334 e. The first-order valence-corrected chi connectivity index (χ1v) is 12.7. The lowest BCUT2D eigenvalue weighted by atomic mass is 9.99. The summed E-state index contributed by atoms with van der Waals surface area (Å²) in [6, 6.07) is 9.21. The summed E-state index contributed by atoms with van der Waals surface area (Å²) in [5, 5.41) is 8.82. The summed E-state index contributed by atoms with van der Waals surface area (Å²) in [5.41, 5.74) is 1.11. The van der Waals surface area contributed by atoms with Crippen molar-refractivity contribution in [2.75, 3.05) is 19.0 Å². The molecule has 1 aromatic rings. The summed E-state index contributed by atoms with van der Waals surface area (Å²) < 4.78 is 11.3. The molecule has 0 aromatic heterocycles. The molecule has 0 fully saturated rings. The Kier molecular flexibility index (Phi) is 14.0. The fourth-order valence-corrected chi connectivity index (χ4v) is 5.00. The highest BCUT2D eigenvalue weighted by atomic mass is 32.2. The van der Waals surface area contributed by atoms with E-state index in [1.54, 1.807) is 19.9 Å². The van der Waals surface area contributed by atoms with Crippen molar-refractivity contribution in [1.82, 2.24) is 0 Å². The van der Waals surface area contributed by atoms with Gasteiger partial charge in [-0.15, -0.1) is 11.8 Å². The standard InChI is InChI=1S/C23H30O6S3/c1-4-31-23(30)32-17(3)21(26)28-12-8-9-13-29-22(27)19(14-16(2)20(24)25)15-18-10-6-5-7-11-18/h5-7,10-11,15-17H,4,8-9,12-14H2,1-3H3,(H,24,25)/b19-15+. The fourth-order valence-electron chi connectivity index (χ4n) is 2.46. The highest BCUT2D eigenvalue weighted by molar-refractivity contribution is 8.47. The van der Waals surface area contributed by atoms with Crippen LogP contribution in [0.25, 0.3) is 6.08 Å². The van der Waals surface area contributed by atoms with Crippen molar-refractivity contribution < 1.29 is 29.0 Å². The summed E-state index contributed by atoms with van der Waals surface area (Å²) in [6.45, 7) is 5.70. The molecular weight excluding hydrogens is 468 g/mol. The first-order chi connectivity index (χ1) is 15.2. The molecule has 0 saturated heterocycles. The first kappa shape index (κ1) is 28.2. The number of thioether (sulfide) groups is 2.